The van der Waals surface area contributed by atoms with Crippen molar-refractivity contribution in [1.82, 2.24) is 10.6 Å². The number of halogens is 3. The Bertz CT molecular complexity index is 863. The molecule has 2 rings (SSSR count). The van der Waals surface area contributed by atoms with Crippen molar-refractivity contribution in [3.05, 3.63) is 35.6 Å². The highest BCUT2D eigenvalue weighted by Gasteiger charge is 2.45. The van der Waals surface area contributed by atoms with Gasteiger partial charge in [0, 0.05) is 13.1 Å². The molecule has 10 nitrogen and oxygen atoms in total. The van der Waals surface area contributed by atoms with Crippen LogP contribution in [0.3, 0.4) is 0 Å². The summed E-state index contributed by atoms with van der Waals surface area (Å²) in [7, 11) is 0. The standard InChI is InChI=1S/C14H12F3N5O5/c15-14(16,17)13(26)20-10-9(11(23)19-6-5-18)27-21-22(10)8-3-1-7(2-4-8)12(24)25/h1-4H,5-6,18H2,(H2-,19,20,23,24,25,26)/p+1. The van der Waals surface area contributed by atoms with E-state index in [0.29, 0.717) is 4.68 Å². The van der Waals surface area contributed by atoms with Gasteiger partial charge in [-0.15, -0.1) is 0 Å². The lowest BCUT2D eigenvalue weighted by Crippen LogP contribution is -2.41. The summed E-state index contributed by atoms with van der Waals surface area (Å²) in [5, 5.41) is 16.1. The van der Waals surface area contributed by atoms with Gasteiger partial charge in [0.15, 0.2) is 5.69 Å². The number of carbonyl (C=O) groups excluding carboxylic acids is 2. The lowest BCUT2D eigenvalue weighted by Gasteiger charge is -2.03. The number of carboxylic acid groups (broad SMARTS) is 1. The van der Waals surface area contributed by atoms with Gasteiger partial charge < -0.3 is 20.7 Å². The predicted octanol–water partition coefficient (Wildman–Crippen LogP) is -0.161. The van der Waals surface area contributed by atoms with Crippen LogP contribution in [-0.4, -0.2) is 47.4 Å². The number of nitrogens with zero attached hydrogens (tertiary/aromatic N) is 2. The van der Waals surface area contributed by atoms with E-state index in [1.807, 2.05) is 0 Å². The van der Waals surface area contributed by atoms with Crippen molar-refractivity contribution in [3.8, 4) is 5.69 Å². The molecule has 1 heterocycles. The lowest BCUT2D eigenvalue weighted by molar-refractivity contribution is -0.657. The molecule has 0 atom stereocenters. The average Bonchev–Trinajstić information content (AvgIpc) is 3.02. The lowest BCUT2D eigenvalue weighted by atomic mass is 10.2. The fourth-order valence-corrected chi connectivity index (χ4v) is 1.89. The summed E-state index contributed by atoms with van der Waals surface area (Å²) in [6.07, 6.45) is -5.23. The number of carboxylic acids is 1. The fraction of sp³-hybridized carbons (Fsp3) is 0.214. The Hall–Kier alpha value is -3.48. The van der Waals surface area contributed by atoms with Crippen molar-refractivity contribution in [2.45, 2.75) is 6.18 Å². The highest BCUT2D eigenvalue weighted by Crippen LogP contribution is 2.20. The molecule has 0 saturated heterocycles. The smallest absolute Gasteiger partial charge is 0.478 e. The maximum atomic E-state index is 12.6. The first kappa shape index (κ1) is 19.8. The molecule has 1 aromatic heterocycles. The highest BCUT2D eigenvalue weighted by atomic mass is 19.4. The van der Waals surface area contributed by atoms with Gasteiger partial charge in [0.1, 0.15) is 5.27 Å². The Morgan fingerprint density at radius 2 is 1.85 bits per heavy atom. The number of hydrogen-bond donors (Lipinski definition) is 4. The van der Waals surface area contributed by atoms with E-state index in [9.17, 15) is 27.6 Å². The van der Waals surface area contributed by atoms with Crippen molar-refractivity contribution in [3.63, 3.8) is 0 Å². The molecule has 1 aromatic carbocycles. The predicted molar refractivity (Wildman–Crippen MR) is 81.1 cm³/mol. The van der Waals surface area contributed by atoms with Gasteiger partial charge in [0.25, 0.3) is 5.91 Å². The minimum Gasteiger partial charge on any atom is -0.478 e. The first-order valence-electron chi connectivity index (χ1n) is 7.27. The molecule has 0 spiro atoms. The van der Waals surface area contributed by atoms with Crippen molar-refractivity contribution in [1.29, 1.82) is 0 Å². The second-order valence-electron chi connectivity index (χ2n) is 5.01. The largest absolute Gasteiger partial charge is 0.495 e. The third-order valence-electron chi connectivity index (χ3n) is 3.12. The van der Waals surface area contributed by atoms with Crippen LogP contribution >= 0.6 is 0 Å². The van der Waals surface area contributed by atoms with Crippen LogP contribution in [0.5, 0.6) is 0 Å². The molecule has 0 unspecified atom stereocenters. The zero-order chi connectivity index (χ0) is 20.2. The zero-order valence-electron chi connectivity index (χ0n) is 13.4. The van der Waals surface area contributed by atoms with E-state index in [0.717, 1.165) is 12.1 Å². The number of carbonyl (C=O) groups is 3. The van der Waals surface area contributed by atoms with Gasteiger partial charge in [0.05, 0.1) is 5.56 Å². The van der Waals surface area contributed by atoms with E-state index in [4.69, 9.17) is 15.4 Å². The highest BCUT2D eigenvalue weighted by molar-refractivity contribution is 6.01. The van der Waals surface area contributed by atoms with Crippen LogP contribution in [0, 0.1) is 0 Å². The van der Waals surface area contributed by atoms with Crippen LogP contribution in [-0.2, 0) is 4.79 Å². The minimum atomic E-state index is -5.23. The summed E-state index contributed by atoms with van der Waals surface area (Å²) >= 11 is 0. The average molecular weight is 388 g/mol. The number of aromatic nitrogens is 2. The molecule has 27 heavy (non-hydrogen) atoms. The number of nitrogens with one attached hydrogen (secondary N) is 2. The van der Waals surface area contributed by atoms with Gasteiger partial charge in [0.2, 0.25) is 0 Å². The van der Waals surface area contributed by atoms with Gasteiger partial charge in [-0.2, -0.15) is 18.5 Å². The van der Waals surface area contributed by atoms with Crippen LogP contribution in [0.4, 0.5) is 19.0 Å². The molecule has 13 heteroatoms. The maximum absolute atomic E-state index is 12.6. The topological polar surface area (TPSA) is 151 Å². The SMILES string of the molecule is NCCNC(=O)c1on[n+](-c2ccc(C(=O)O)cc2)c1NC(=O)C(F)(F)F. The third-order valence-corrected chi connectivity index (χ3v) is 3.12. The van der Waals surface area contributed by atoms with Crippen molar-refractivity contribution in [2.75, 3.05) is 18.4 Å². The summed E-state index contributed by atoms with van der Waals surface area (Å²) in [6, 6.07) is 4.72. The summed E-state index contributed by atoms with van der Waals surface area (Å²) < 4.78 is 43.3. The van der Waals surface area contributed by atoms with Gasteiger partial charge in [-0.05, 0) is 24.3 Å². The molecule has 0 saturated carbocycles. The van der Waals surface area contributed by atoms with Crippen LogP contribution in [0.15, 0.2) is 28.8 Å². The first-order valence-corrected chi connectivity index (χ1v) is 7.27. The monoisotopic (exact) mass is 388 g/mol. The molecule has 2 amide bonds. The quantitative estimate of drug-likeness (QED) is 0.502. The molecule has 0 fully saturated rings. The number of nitrogens with two attached hydrogens (primary N) is 1. The molecular formula is C14H13F3N5O5+. The molecule has 0 aliphatic heterocycles. The number of anilines is 1. The Labute approximate surface area is 148 Å². The number of aromatic carboxylic acids is 1. The van der Waals surface area contributed by atoms with Crippen LogP contribution in [0.25, 0.3) is 5.69 Å². The summed E-state index contributed by atoms with van der Waals surface area (Å²) in [5.41, 5.74) is 5.18. The second-order valence-corrected chi connectivity index (χ2v) is 5.01. The molecule has 144 valence electrons. The van der Waals surface area contributed by atoms with Crippen LogP contribution in [0.1, 0.15) is 20.9 Å². The van der Waals surface area contributed by atoms with E-state index in [1.165, 1.54) is 17.4 Å². The van der Waals surface area contributed by atoms with E-state index in [-0.39, 0.29) is 24.3 Å². The Kier molecular flexibility index (Phi) is 5.75. The van der Waals surface area contributed by atoms with E-state index < -0.39 is 35.5 Å². The van der Waals surface area contributed by atoms with Gasteiger partial charge in [-0.1, -0.05) is 4.68 Å². The Morgan fingerprint density at radius 3 is 2.37 bits per heavy atom. The third kappa shape index (κ3) is 4.58. The molecule has 5 N–H and O–H groups in total. The number of hydrogen-bond acceptors (Lipinski definition) is 6. The normalized spacial score (nSPS) is 11.1. The van der Waals surface area contributed by atoms with E-state index in [2.05, 4.69) is 10.6 Å². The zero-order valence-corrected chi connectivity index (χ0v) is 13.4. The van der Waals surface area contributed by atoms with E-state index in [1.54, 1.807) is 0 Å². The summed E-state index contributed by atoms with van der Waals surface area (Å²) in [4.78, 5) is 34.2. The summed E-state index contributed by atoms with van der Waals surface area (Å²) in [5.74, 6) is -5.90. The van der Waals surface area contributed by atoms with E-state index >= 15 is 0 Å². The van der Waals surface area contributed by atoms with Crippen molar-refractivity contribution < 1.29 is 41.9 Å². The molecular weight excluding hydrogens is 375 g/mol. The number of benzene rings is 1. The second kappa shape index (κ2) is 7.82. The molecule has 0 aliphatic carbocycles. The number of rotatable bonds is 6. The molecule has 0 bridgehead atoms. The number of amides is 2. The van der Waals surface area contributed by atoms with Gasteiger partial charge in [-0.25, -0.2) is 9.59 Å². The molecule has 0 radical (unpaired) electrons. The fourth-order valence-electron chi connectivity index (χ4n) is 1.89. The first-order chi connectivity index (χ1) is 12.6. The van der Waals surface area contributed by atoms with Crippen molar-refractivity contribution in [2.24, 2.45) is 5.73 Å². The number of alkyl halides is 3. The summed E-state index contributed by atoms with van der Waals surface area (Å²) in [6.45, 7) is 0.0558. The Balaban J connectivity index is 2.47. The van der Waals surface area contributed by atoms with Gasteiger partial charge >= 0.3 is 29.6 Å². The van der Waals surface area contributed by atoms with Crippen LogP contribution in [0.2, 0.25) is 0 Å². The maximum Gasteiger partial charge on any atom is 0.495 e. The molecule has 0 aliphatic rings. The van der Waals surface area contributed by atoms with Crippen molar-refractivity contribution >= 4 is 23.6 Å². The van der Waals surface area contributed by atoms with Gasteiger partial charge in [-0.3, -0.25) is 4.79 Å². The molecule has 2 aromatic rings. The van der Waals surface area contributed by atoms with Crippen LogP contribution < -0.4 is 21.0 Å². The minimum absolute atomic E-state index is 0.000497. The Morgan fingerprint density at radius 1 is 1.22 bits per heavy atom.